The van der Waals surface area contributed by atoms with Crippen LogP contribution in [0.4, 0.5) is 0 Å². The molecule has 0 aliphatic carbocycles. The zero-order valence-corrected chi connectivity index (χ0v) is 9.80. The molecule has 0 fully saturated rings. The molecule has 0 saturated carbocycles. The van der Waals surface area contributed by atoms with Crippen LogP contribution in [0.1, 0.15) is 22.3 Å². The van der Waals surface area contributed by atoms with Crippen LogP contribution in [0.2, 0.25) is 0 Å². The monoisotopic (exact) mass is 237 g/mol. The van der Waals surface area contributed by atoms with Gasteiger partial charge in [-0.3, -0.25) is 9.59 Å². The number of rotatable bonds is 4. The normalized spacial score (nSPS) is 10.0. The predicted molar refractivity (Wildman–Crippen MR) is 62.1 cm³/mol. The van der Waals surface area contributed by atoms with Gasteiger partial charge in [0.15, 0.2) is 0 Å². The van der Waals surface area contributed by atoms with Crippen LogP contribution in [0.3, 0.4) is 0 Å². The summed E-state index contributed by atoms with van der Waals surface area (Å²) in [5.74, 6) is -1.44. The summed E-state index contributed by atoms with van der Waals surface area (Å²) in [6.07, 6.45) is -0.116. The number of phenols is 1. The molecule has 0 saturated heterocycles. The minimum atomic E-state index is -0.960. The fraction of sp³-hybridized carbons (Fsp3) is 0.333. The Morgan fingerprint density at radius 1 is 1.35 bits per heavy atom. The van der Waals surface area contributed by atoms with Crippen molar-refractivity contribution in [3.05, 3.63) is 29.3 Å². The number of amides is 1. The maximum atomic E-state index is 11.9. The van der Waals surface area contributed by atoms with Crippen molar-refractivity contribution in [3.63, 3.8) is 0 Å². The molecule has 5 heteroatoms. The quantitative estimate of drug-likeness (QED) is 0.826. The van der Waals surface area contributed by atoms with E-state index in [-0.39, 0.29) is 30.2 Å². The van der Waals surface area contributed by atoms with E-state index >= 15 is 0 Å². The van der Waals surface area contributed by atoms with Gasteiger partial charge in [0.05, 0.1) is 12.0 Å². The highest BCUT2D eigenvalue weighted by atomic mass is 16.4. The average Bonchev–Trinajstić information content (AvgIpc) is 2.28. The van der Waals surface area contributed by atoms with E-state index in [2.05, 4.69) is 0 Å². The van der Waals surface area contributed by atoms with Crippen molar-refractivity contribution in [3.8, 4) is 5.75 Å². The third kappa shape index (κ3) is 3.48. The Labute approximate surface area is 99.3 Å². The number of phenolic OH excluding ortho intramolecular Hbond substituents is 1. The molecule has 1 aromatic rings. The Hall–Kier alpha value is -2.04. The fourth-order valence-corrected chi connectivity index (χ4v) is 1.39. The molecule has 0 radical (unpaired) electrons. The molecule has 0 atom stereocenters. The Kier molecular flexibility index (Phi) is 4.09. The topological polar surface area (TPSA) is 77.8 Å². The van der Waals surface area contributed by atoms with Crippen LogP contribution in [-0.2, 0) is 4.79 Å². The standard InChI is InChI=1S/C12H15NO4/c1-8-3-4-10(14)9(7-8)12(17)13(2)6-5-11(15)16/h3-4,7,14H,5-6H2,1-2H3,(H,15,16). The second-order valence-corrected chi connectivity index (χ2v) is 3.89. The summed E-state index contributed by atoms with van der Waals surface area (Å²) in [6.45, 7) is 1.93. The third-order valence-corrected chi connectivity index (χ3v) is 2.39. The van der Waals surface area contributed by atoms with Crippen molar-refractivity contribution in [1.82, 2.24) is 4.90 Å². The molecule has 1 amide bonds. The van der Waals surface area contributed by atoms with E-state index < -0.39 is 5.97 Å². The van der Waals surface area contributed by atoms with Crippen molar-refractivity contribution >= 4 is 11.9 Å². The number of hydrogen-bond acceptors (Lipinski definition) is 3. The molecule has 92 valence electrons. The summed E-state index contributed by atoms with van der Waals surface area (Å²) in [5, 5.41) is 18.1. The summed E-state index contributed by atoms with van der Waals surface area (Å²) < 4.78 is 0. The molecule has 0 aliphatic rings. The van der Waals surface area contributed by atoms with Gasteiger partial charge in [-0.2, -0.15) is 0 Å². The second kappa shape index (κ2) is 5.34. The van der Waals surface area contributed by atoms with E-state index in [4.69, 9.17) is 5.11 Å². The van der Waals surface area contributed by atoms with E-state index in [0.717, 1.165) is 5.56 Å². The number of hydrogen-bond donors (Lipinski definition) is 2. The van der Waals surface area contributed by atoms with Gasteiger partial charge in [-0.15, -0.1) is 0 Å². The SMILES string of the molecule is Cc1ccc(O)c(C(=O)N(C)CCC(=O)O)c1. The zero-order valence-electron chi connectivity index (χ0n) is 9.80. The average molecular weight is 237 g/mol. The Balaban J connectivity index is 2.81. The van der Waals surface area contributed by atoms with Crippen LogP contribution >= 0.6 is 0 Å². The van der Waals surface area contributed by atoms with Crippen LogP contribution < -0.4 is 0 Å². The number of aromatic hydroxyl groups is 1. The maximum absolute atomic E-state index is 11.9. The lowest BCUT2D eigenvalue weighted by atomic mass is 10.1. The molecule has 0 spiro atoms. The third-order valence-electron chi connectivity index (χ3n) is 2.39. The van der Waals surface area contributed by atoms with Gasteiger partial charge < -0.3 is 15.1 Å². The Bertz CT molecular complexity index is 442. The van der Waals surface area contributed by atoms with Crippen molar-refractivity contribution in [1.29, 1.82) is 0 Å². The van der Waals surface area contributed by atoms with E-state index in [1.165, 1.54) is 18.0 Å². The summed E-state index contributed by atoms with van der Waals surface area (Å²) in [6, 6.07) is 4.73. The number of aryl methyl sites for hydroxylation is 1. The first-order valence-electron chi connectivity index (χ1n) is 5.18. The van der Waals surface area contributed by atoms with E-state index in [1.807, 2.05) is 6.92 Å². The molecular formula is C12H15NO4. The summed E-state index contributed by atoms with van der Waals surface area (Å²) in [4.78, 5) is 23.6. The second-order valence-electron chi connectivity index (χ2n) is 3.89. The number of aliphatic carboxylic acids is 1. The molecule has 5 nitrogen and oxygen atoms in total. The van der Waals surface area contributed by atoms with Crippen LogP contribution in [-0.4, -0.2) is 40.6 Å². The van der Waals surface area contributed by atoms with E-state index in [1.54, 1.807) is 12.1 Å². The van der Waals surface area contributed by atoms with Crippen molar-refractivity contribution < 1.29 is 19.8 Å². The van der Waals surface area contributed by atoms with Gasteiger partial charge in [0, 0.05) is 13.6 Å². The van der Waals surface area contributed by atoms with Gasteiger partial charge in [-0.1, -0.05) is 11.6 Å². The number of carboxylic acids is 1. The van der Waals surface area contributed by atoms with Gasteiger partial charge >= 0.3 is 5.97 Å². The highest BCUT2D eigenvalue weighted by Crippen LogP contribution is 2.19. The largest absolute Gasteiger partial charge is 0.507 e. The van der Waals surface area contributed by atoms with Gasteiger partial charge in [0.25, 0.3) is 5.91 Å². The Morgan fingerprint density at radius 2 is 2.00 bits per heavy atom. The van der Waals surface area contributed by atoms with Crippen molar-refractivity contribution in [2.75, 3.05) is 13.6 Å². The first kappa shape index (κ1) is 13.0. The number of carbonyl (C=O) groups excluding carboxylic acids is 1. The van der Waals surface area contributed by atoms with Gasteiger partial charge in [-0.05, 0) is 19.1 Å². The molecule has 0 unspecified atom stereocenters. The Morgan fingerprint density at radius 3 is 2.59 bits per heavy atom. The lowest BCUT2D eigenvalue weighted by Gasteiger charge is -2.17. The van der Waals surface area contributed by atoms with Crippen LogP contribution in [0.15, 0.2) is 18.2 Å². The highest BCUT2D eigenvalue weighted by Gasteiger charge is 2.16. The minimum Gasteiger partial charge on any atom is -0.507 e. The highest BCUT2D eigenvalue weighted by molar-refractivity contribution is 5.97. The number of nitrogens with zero attached hydrogens (tertiary/aromatic N) is 1. The van der Waals surface area contributed by atoms with Gasteiger partial charge in [-0.25, -0.2) is 0 Å². The number of carbonyl (C=O) groups is 2. The van der Waals surface area contributed by atoms with E-state index in [0.29, 0.717) is 0 Å². The molecular weight excluding hydrogens is 222 g/mol. The van der Waals surface area contributed by atoms with Crippen LogP contribution in [0.5, 0.6) is 5.75 Å². The molecule has 17 heavy (non-hydrogen) atoms. The molecule has 0 aromatic heterocycles. The molecule has 2 N–H and O–H groups in total. The van der Waals surface area contributed by atoms with Gasteiger partial charge in [0.2, 0.25) is 0 Å². The zero-order chi connectivity index (χ0) is 13.0. The van der Waals surface area contributed by atoms with E-state index in [9.17, 15) is 14.7 Å². The molecule has 0 bridgehead atoms. The lowest BCUT2D eigenvalue weighted by Crippen LogP contribution is -2.29. The smallest absolute Gasteiger partial charge is 0.305 e. The van der Waals surface area contributed by atoms with Crippen LogP contribution in [0, 0.1) is 6.92 Å². The predicted octanol–water partition coefficient (Wildman–Crippen LogP) is 1.25. The van der Waals surface area contributed by atoms with Crippen molar-refractivity contribution in [2.45, 2.75) is 13.3 Å². The number of carboxylic acid groups (broad SMARTS) is 1. The molecule has 0 aliphatic heterocycles. The first-order chi connectivity index (χ1) is 7.91. The summed E-state index contributed by atoms with van der Waals surface area (Å²) >= 11 is 0. The summed E-state index contributed by atoms with van der Waals surface area (Å²) in [5.41, 5.74) is 1.05. The number of benzene rings is 1. The molecule has 1 rings (SSSR count). The maximum Gasteiger partial charge on any atom is 0.305 e. The minimum absolute atomic E-state index is 0.0947. The summed E-state index contributed by atoms with van der Waals surface area (Å²) in [7, 11) is 1.51. The molecule has 0 heterocycles. The van der Waals surface area contributed by atoms with Crippen LogP contribution in [0.25, 0.3) is 0 Å². The van der Waals surface area contributed by atoms with Crippen molar-refractivity contribution in [2.24, 2.45) is 0 Å². The lowest BCUT2D eigenvalue weighted by molar-refractivity contribution is -0.137. The molecule has 1 aromatic carbocycles. The first-order valence-corrected chi connectivity index (χ1v) is 5.18. The fourth-order valence-electron chi connectivity index (χ4n) is 1.39. The van der Waals surface area contributed by atoms with Gasteiger partial charge in [0.1, 0.15) is 5.75 Å².